The van der Waals surface area contributed by atoms with Crippen molar-refractivity contribution in [2.24, 2.45) is 0 Å². The number of hydrogen-bond donors (Lipinski definition) is 1. The van der Waals surface area contributed by atoms with Gasteiger partial charge in [0.1, 0.15) is 5.75 Å². The lowest BCUT2D eigenvalue weighted by atomic mass is 10.1. The molecule has 0 heterocycles. The lowest BCUT2D eigenvalue weighted by molar-refractivity contribution is -0.384. The van der Waals surface area contributed by atoms with Crippen LogP contribution < -0.4 is 10.1 Å². The molecule has 0 saturated heterocycles. The number of halogens is 1. The van der Waals surface area contributed by atoms with Crippen LogP contribution in [0.4, 0.5) is 5.69 Å². The molecule has 2 aromatic carbocycles. The lowest BCUT2D eigenvalue weighted by Crippen LogP contribution is -2.26. The Morgan fingerprint density at radius 2 is 2.08 bits per heavy atom. The molecule has 26 heavy (non-hydrogen) atoms. The van der Waals surface area contributed by atoms with E-state index in [4.69, 9.17) is 16.3 Å². The Hall–Kier alpha value is -2.60. The molecule has 1 atom stereocenters. The van der Waals surface area contributed by atoms with Crippen molar-refractivity contribution in [1.82, 2.24) is 5.32 Å². The normalized spacial score (nSPS) is 11.7. The van der Waals surface area contributed by atoms with E-state index in [-0.39, 0.29) is 17.6 Å². The number of nitrogens with one attached hydrogen (secondary N) is 1. The van der Waals surface area contributed by atoms with Crippen LogP contribution >= 0.6 is 11.6 Å². The molecule has 0 aliphatic carbocycles. The number of carbonyl (C=O) groups excluding carboxylic acids is 1. The lowest BCUT2D eigenvalue weighted by Gasteiger charge is -2.14. The Morgan fingerprint density at radius 1 is 1.31 bits per heavy atom. The minimum absolute atomic E-state index is 0.00950. The largest absolute Gasteiger partial charge is 0.494 e. The standard InChI is InChI=1S/C19H21ClN2O4/c1-13-11-17(8-9-18(13)20)26-10-4-7-19(23)21-14(2)15-5-3-6-16(12-15)22(24)25/h3,5-6,8-9,11-12,14H,4,7,10H2,1-2H3,(H,21,23). The fraction of sp³-hybridized carbons (Fsp3) is 0.316. The number of nitrogens with zero attached hydrogens (tertiary/aromatic N) is 1. The number of nitro benzene ring substituents is 1. The molecule has 0 aliphatic heterocycles. The highest BCUT2D eigenvalue weighted by atomic mass is 35.5. The second-order valence-electron chi connectivity index (χ2n) is 6.00. The smallest absolute Gasteiger partial charge is 0.269 e. The SMILES string of the molecule is Cc1cc(OCCCC(=O)NC(C)c2cccc([N+](=O)[O-])c2)ccc1Cl. The highest BCUT2D eigenvalue weighted by Crippen LogP contribution is 2.21. The number of benzene rings is 2. The fourth-order valence-electron chi connectivity index (χ4n) is 2.43. The highest BCUT2D eigenvalue weighted by Gasteiger charge is 2.13. The summed E-state index contributed by atoms with van der Waals surface area (Å²) in [4.78, 5) is 22.4. The van der Waals surface area contributed by atoms with Crippen LogP contribution in [-0.4, -0.2) is 17.4 Å². The molecule has 0 aromatic heterocycles. The summed E-state index contributed by atoms with van der Waals surface area (Å²) >= 11 is 5.96. The van der Waals surface area contributed by atoms with Crippen molar-refractivity contribution in [2.45, 2.75) is 32.7 Å². The summed E-state index contributed by atoms with van der Waals surface area (Å²) < 4.78 is 5.61. The van der Waals surface area contributed by atoms with Gasteiger partial charge in [0.05, 0.1) is 17.6 Å². The summed E-state index contributed by atoms with van der Waals surface area (Å²) in [5.74, 6) is 0.595. The molecule has 0 saturated carbocycles. The van der Waals surface area contributed by atoms with Crippen molar-refractivity contribution in [1.29, 1.82) is 0 Å². The third kappa shape index (κ3) is 5.74. The first-order valence-electron chi connectivity index (χ1n) is 8.29. The Kier molecular flexibility index (Phi) is 6.97. The number of ether oxygens (including phenoxy) is 1. The van der Waals surface area contributed by atoms with E-state index in [9.17, 15) is 14.9 Å². The molecule has 1 amide bonds. The molecule has 0 aliphatic rings. The van der Waals surface area contributed by atoms with E-state index in [0.717, 1.165) is 11.3 Å². The van der Waals surface area contributed by atoms with Crippen molar-refractivity contribution < 1.29 is 14.5 Å². The number of non-ortho nitro benzene ring substituents is 1. The Balaban J connectivity index is 1.76. The van der Waals surface area contributed by atoms with Crippen LogP contribution in [0, 0.1) is 17.0 Å². The molecule has 0 fully saturated rings. The van der Waals surface area contributed by atoms with Gasteiger partial charge in [-0.2, -0.15) is 0 Å². The quantitative estimate of drug-likeness (QED) is 0.415. The van der Waals surface area contributed by atoms with E-state index < -0.39 is 4.92 Å². The first-order valence-corrected chi connectivity index (χ1v) is 8.67. The summed E-state index contributed by atoms with van der Waals surface area (Å²) in [6, 6.07) is 11.4. The average molecular weight is 377 g/mol. The van der Waals surface area contributed by atoms with Crippen LogP contribution in [-0.2, 0) is 4.79 Å². The van der Waals surface area contributed by atoms with Gasteiger partial charge in [-0.3, -0.25) is 14.9 Å². The van der Waals surface area contributed by atoms with Crippen molar-refractivity contribution >= 4 is 23.2 Å². The number of hydrogen-bond acceptors (Lipinski definition) is 4. The molecule has 138 valence electrons. The minimum Gasteiger partial charge on any atom is -0.494 e. The molecule has 0 bridgehead atoms. The van der Waals surface area contributed by atoms with E-state index in [1.165, 1.54) is 12.1 Å². The third-order valence-electron chi connectivity index (χ3n) is 3.90. The van der Waals surface area contributed by atoms with E-state index in [0.29, 0.717) is 30.0 Å². The molecule has 1 unspecified atom stereocenters. The van der Waals surface area contributed by atoms with Gasteiger partial charge < -0.3 is 10.1 Å². The van der Waals surface area contributed by atoms with Crippen LogP contribution in [0.25, 0.3) is 0 Å². The summed E-state index contributed by atoms with van der Waals surface area (Å²) in [6.45, 7) is 4.11. The van der Waals surface area contributed by atoms with Crippen LogP contribution in [0.15, 0.2) is 42.5 Å². The third-order valence-corrected chi connectivity index (χ3v) is 4.33. The number of rotatable bonds is 8. The van der Waals surface area contributed by atoms with E-state index >= 15 is 0 Å². The van der Waals surface area contributed by atoms with Crippen LogP contribution in [0.2, 0.25) is 5.02 Å². The van der Waals surface area contributed by atoms with Crippen LogP contribution in [0.1, 0.15) is 36.9 Å². The van der Waals surface area contributed by atoms with Gasteiger partial charge in [0.15, 0.2) is 0 Å². The summed E-state index contributed by atoms with van der Waals surface area (Å²) in [6.07, 6.45) is 0.876. The zero-order valence-corrected chi connectivity index (χ0v) is 15.5. The molecule has 2 aromatic rings. The second kappa shape index (κ2) is 9.20. The van der Waals surface area contributed by atoms with Gasteiger partial charge in [-0.1, -0.05) is 23.7 Å². The van der Waals surface area contributed by atoms with E-state index in [1.807, 2.05) is 13.0 Å². The summed E-state index contributed by atoms with van der Waals surface area (Å²) in [7, 11) is 0. The van der Waals surface area contributed by atoms with Gasteiger partial charge in [0.25, 0.3) is 5.69 Å². The number of carbonyl (C=O) groups is 1. The summed E-state index contributed by atoms with van der Waals surface area (Å²) in [5, 5.41) is 14.4. The molecular weight excluding hydrogens is 356 g/mol. The number of nitro groups is 1. The van der Waals surface area contributed by atoms with Crippen molar-refractivity contribution in [3.05, 3.63) is 68.7 Å². The Bertz CT molecular complexity index is 795. The Labute approximate surface area is 157 Å². The maximum absolute atomic E-state index is 12.0. The van der Waals surface area contributed by atoms with Gasteiger partial charge >= 0.3 is 0 Å². The van der Waals surface area contributed by atoms with Gasteiger partial charge in [-0.25, -0.2) is 0 Å². The molecule has 1 N–H and O–H groups in total. The first kappa shape index (κ1) is 19.7. The number of aryl methyl sites for hydroxylation is 1. The minimum atomic E-state index is -0.451. The zero-order valence-electron chi connectivity index (χ0n) is 14.7. The molecule has 7 heteroatoms. The van der Waals surface area contributed by atoms with E-state index in [1.54, 1.807) is 31.2 Å². The molecular formula is C19H21ClN2O4. The Morgan fingerprint density at radius 3 is 2.77 bits per heavy atom. The van der Waals surface area contributed by atoms with Crippen molar-refractivity contribution in [3.63, 3.8) is 0 Å². The van der Waals surface area contributed by atoms with Gasteiger partial charge in [-0.15, -0.1) is 0 Å². The molecule has 0 radical (unpaired) electrons. The van der Waals surface area contributed by atoms with Gasteiger partial charge in [0, 0.05) is 23.6 Å². The van der Waals surface area contributed by atoms with Crippen LogP contribution in [0.3, 0.4) is 0 Å². The van der Waals surface area contributed by atoms with Crippen molar-refractivity contribution in [2.75, 3.05) is 6.61 Å². The first-order chi connectivity index (χ1) is 12.4. The maximum atomic E-state index is 12.0. The zero-order chi connectivity index (χ0) is 19.1. The van der Waals surface area contributed by atoms with Gasteiger partial charge in [-0.05, 0) is 49.6 Å². The topological polar surface area (TPSA) is 81.5 Å². The molecule has 0 spiro atoms. The molecule has 6 nitrogen and oxygen atoms in total. The average Bonchev–Trinajstić information content (AvgIpc) is 2.61. The fourth-order valence-corrected chi connectivity index (χ4v) is 2.55. The van der Waals surface area contributed by atoms with Gasteiger partial charge in [0.2, 0.25) is 5.91 Å². The predicted molar refractivity (Wildman–Crippen MR) is 101 cm³/mol. The monoisotopic (exact) mass is 376 g/mol. The maximum Gasteiger partial charge on any atom is 0.269 e. The second-order valence-corrected chi connectivity index (χ2v) is 6.41. The molecule has 2 rings (SSSR count). The van der Waals surface area contributed by atoms with Crippen LogP contribution in [0.5, 0.6) is 5.75 Å². The predicted octanol–water partition coefficient (Wildman–Crippen LogP) is 4.59. The van der Waals surface area contributed by atoms with Crippen molar-refractivity contribution in [3.8, 4) is 5.75 Å². The number of amides is 1. The van der Waals surface area contributed by atoms with E-state index in [2.05, 4.69) is 5.32 Å². The highest BCUT2D eigenvalue weighted by molar-refractivity contribution is 6.31. The summed E-state index contributed by atoms with van der Waals surface area (Å²) in [5.41, 5.74) is 1.64.